The number of amides is 3. The van der Waals surface area contributed by atoms with Gasteiger partial charge in [-0.05, 0) is 17.7 Å². The first-order valence-electron chi connectivity index (χ1n) is 6.22. The molecule has 0 aliphatic rings. The van der Waals surface area contributed by atoms with E-state index in [0.29, 0.717) is 5.56 Å². The van der Waals surface area contributed by atoms with Crippen LogP contribution in [0.5, 0.6) is 5.75 Å². The van der Waals surface area contributed by atoms with E-state index in [-0.39, 0.29) is 25.1 Å². The third kappa shape index (κ3) is 6.28. The lowest BCUT2D eigenvalue weighted by molar-refractivity contribution is -0.139. The first kappa shape index (κ1) is 16.3. The standard InChI is InChI=1S/C13H17N3O5/c14-11(18)5-6-15-13(21)16-10(12(19)20)7-8-1-3-9(17)4-2-8/h1-4,10,17H,5-7H2,(H2,14,18)(H,19,20)(H2,15,16,21)/t10-/m1/s1. The first-order valence-corrected chi connectivity index (χ1v) is 6.22. The van der Waals surface area contributed by atoms with Crippen LogP contribution in [0.15, 0.2) is 24.3 Å². The number of carbonyl (C=O) groups is 3. The quantitative estimate of drug-likeness (QED) is 0.463. The molecule has 3 amide bonds. The summed E-state index contributed by atoms with van der Waals surface area (Å²) < 4.78 is 0. The molecule has 0 fully saturated rings. The zero-order chi connectivity index (χ0) is 15.8. The number of nitrogens with two attached hydrogens (primary N) is 1. The normalized spacial score (nSPS) is 11.4. The van der Waals surface area contributed by atoms with Gasteiger partial charge in [0.05, 0.1) is 0 Å². The van der Waals surface area contributed by atoms with Crippen molar-refractivity contribution >= 4 is 17.9 Å². The smallest absolute Gasteiger partial charge is 0.326 e. The fourth-order valence-corrected chi connectivity index (χ4v) is 1.58. The van der Waals surface area contributed by atoms with Gasteiger partial charge in [-0.3, -0.25) is 4.79 Å². The molecule has 0 heterocycles. The number of carboxylic acids is 1. The SMILES string of the molecule is NC(=O)CCNC(=O)N[C@H](Cc1ccc(O)cc1)C(=O)O. The van der Waals surface area contributed by atoms with E-state index in [1.54, 1.807) is 12.1 Å². The number of nitrogens with one attached hydrogen (secondary N) is 2. The molecule has 0 saturated heterocycles. The van der Waals surface area contributed by atoms with Crippen molar-refractivity contribution in [3.63, 3.8) is 0 Å². The molecule has 8 nitrogen and oxygen atoms in total. The molecule has 1 aromatic rings. The van der Waals surface area contributed by atoms with Crippen LogP contribution in [-0.4, -0.2) is 40.7 Å². The largest absolute Gasteiger partial charge is 0.508 e. The summed E-state index contributed by atoms with van der Waals surface area (Å²) in [5.41, 5.74) is 5.57. The van der Waals surface area contributed by atoms with Gasteiger partial charge < -0.3 is 26.6 Å². The third-order valence-corrected chi connectivity index (χ3v) is 2.64. The van der Waals surface area contributed by atoms with Gasteiger partial charge in [0, 0.05) is 19.4 Å². The Morgan fingerprint density at radius 1 is 1.19 bits per heavy atom. The van der Waals surface area contributed by atoms with Crippen molar-refractivity contribution in [3.05, 3.63) is 29.8 Å². The number of rotatable bonds is 7. The molecule has 0 saturated carbocycles. The number of carboxylic acid groups (broad SMARTS) is 1. The van der Waals surface area contributed by atoms with E-state index in [1.165, 1.54) is 12.1 Å². The van der Waals surface area contributed by atoms with Crippen molar-refractivity contribution < 1.29 is 24.6 Å². The van der Waals surface area contributed by atoms with Gasteiger partial charge in [-0.2, -0.15) is 0 Å². The summed E-state index contributed by atoms with van der Waals surface area (Å²) in [5.74, 6) is -1.68. The Hall–Kier alpha value is -2.77. The number of hydrogen-bond donors (Lipinski definition) is 5. The van der Waals surface area contributed by atoms with Crippen LogP contribution in [0.1, 0.15) is 12.0 Å². The van der Waals surface area contributed by atoms with Gasteiger partial charge in [0.25, 0.3) is 0 Å². The number of phenols is 1. The zero-order valence-electron chi connectivity index (χ0n) is 11.2. The Balaban J connectivity index is 2.53. The lowest BCUT2D eigenvalue weighted by Gasteiger charge is -2.15. The highest BCUT2D eigenvalue weighted by Crippen LogP contribution is 2.11. The minimum absolute atomic E-state index is 0.0247. The number of aliphatic carboxylic acids is 1. The van der Waals surface area contributed by atoms with Crippen LogP contribution < -0.4 is 16.4 Å². The van der Waals surface area contributed by atoms with Crippen molar-refractivity contribution in [2.75, 3.05) is 6.54 Å². The number of phenolic OH excluding ortho intramolecular Hbond substituents is 1. The average Bonchev–Trinajstić information content (AvgIpc) is 2.40. The maximum absolute atomic E-state index is 11.5. The van der Waals surface area contributed by atoms with Gasteiger partial charge in [-0.1, -0.05) is 12.1 Å². The van der Waals surface area contributed by atoms with Crippen molar-refractivity contribution in [2.45, 2.75) is 18.9 Å². The summed E-state index contributed by atoms with van der Waals surface area (Å²) in [5, 5.41) is 22.9. The topological polar surface area (TPSA) is 142 Å². The van der Waals surface area contributed by atoms with Crippen molar-refractivity contribution in [2.24, 2.45) is 5.73 Å². The molecule has 0 radical (unpaired) electrons. The number of hydrogen-bond acceptors (Lipinski definition) is 4. The highest BCUT2D eigenvalue weighted by molar-refractivity contribution is 5.83. The number of carbonyl (C=O) groups excluding carboxylic acids is 2. The minimum Gasteiger partial charge on any atom is -0.508 e. The summed E-state index contributed by atoms with van der Waals surface area (Å²) in [4.78, 5) is 33.1. The second kappa shape index (κ2) is 7.73. The van der Waals surface area contributed by atoms with E-state index in [2.05, 4.69) is 10.6 Å². The molecule has 1 rings (SSSR count). The molecular weight excluding hydrogens is 278 g/mol. The lowest BCUT2D eigenvalue weighted by atomic mass is 10.1. The molecule has 0 aliphatic heterocycles. The van der Waals surface area contributed by atoms with Gasteiger partial charge in [0.2, 0.25) is 5.91 Å². The van der Waals surface area contributed by atoms with Gasteiger partial charge in [-0.25, -0.2) is 9.59 Å². The Morgan fingerprint density at radius 2 is 1.81 bits per heavy atom. The Labute approximate surface area is 120 Å². The van der Waals surface area contributed by atoms with E-state index in [9.17, 15) is 14.4 Å². The fourth-order valence-electron chi connectivity index (χ4n) is 1.58. The molecule has 6 N–H and O–H groups in total. The van der Waals surface area contributed by atoms with Crippen molar-refractivity contribution in [3.8, 4) is 5.75 Å². The van der Waals surface area contributed by atoms with Gasteiger partial charge in [0.1, 0.15) is 11.8 Å². The molecule has 114 valence electrons. The maximum Gasteiger partial charge on any atom is 0.326 e. The second-order valence-corrected chi connectivity index (χ2v) is 4.38. The fraction of sp³-hybridized carbons (Fsp3) is 0.308. The van der Waals surface area contributed by atoms with E-state index in [4.69, 9.17) is 15.9 Å². The predicted octanol–water partition coefficient (Wildman–Crippen LogP) is -0.437. The van der Waals surface area contributed by atoms with Crippen LogP contribution in [-0.2, 0) is 16.0 Å². The van der Waals surface area contributed by atoms with Crippen molar-refractivity contribution in [1.29, 1.82) is 0 Å². The van der Waals surface area contributed by atoms with Crippen LogP contribution in [0, 0.1) is 0 Å². The van der Waals surface area contributed by atoms with Gasteiger partial charge in [0.15, 0.2) is 0 Å². The maximum atomic E-state index is 11.5. The monoisotopic (exact) mass is 295 g/mol. The van der Waals surface area contributed by atoms with Crippen LogP contribution in [0.4, 0.5) is 4.79 Å². The zero-order valence-corrected chi connectivity index (χ0v) is 11.2. The van der Waals surface area contributed by atoms with E-state index in [1.807, 2.05) is 0 Å². The molecule has 0 unspecified atom stereocenters. The van der Waals surface area contributed by atoms with Crippen LogP contribution in [0.3, 0.4) is 0 Å². The first-order chi connectivity index (χ1) is 9.88. The molecular formula is C13H17N3O5. The summed E-state index contributed by atoms with van der Waals surface area (Å²) in [6, 6.07) is 4.18. The Bertz CT molecular complexity index is 515. The number of aromatic hydroxyl groups is 1. The molecule has 1 atom stereocenters. The van der Waals surface area contributed by atoms with Gasteiger partial charge >= 0.3 is 12.0 Å². The molecule has 1 aromatic carbocycles. The van der Waals surface area contributed by atoms with Crippen LogP contribution >= 0.6 is 0 Å². The molecule has 0 aliphatic carbocycles. The van der Waals surface area contributed by atoms with E-state index < -0.39 is 23.9 Å². The third-order valence-electron chi connectivity index (χ3n) is 2.64. The number of benzene rings is 1. The summed E-state index contributed by atoms with van der Waals surface area (Å²) in [7, 11) is 0. The highest BCUT2D eigenvalue weighted by atomic mass is 16.4. The minimum atomic E-state index is -1.19. The van der Waals surface area contributed by atoms with Crippen LogP contribution in [0.2, 0.25) is 0 Å². The van der Waals surface area contributed by atoms with Gasteiger partial charge in [-0.15, -0.1) is 0 Å². The van der Waals surface area contributed by atoms with E-state index >= 15 is 0 Å². The van der Waals surface area contributed by atoms with Crippen molar-refractivity contribution in [1.82, 2.24) is 10.6 Å². The Morgan fingerprint density at radius 3 is 2.33 bits per heavy atom. The predicted molar refractivity (Wildman–Crippen MR) is 73.6 cm³/mol. The lowest BCUT2D eigenvalue weighted by Crippen LogP contribution is -2.47. The summed E-state index contributed by atoms with van der Waals surface area (Å²) >= 11 is 0. The molecule has 21 heavy (non-hydrogen) atoms. The summed E-state index contributed by atoms with van der Waals surface area (Å²) in [6.07, 6.45) is 0.0436. The number of urea groups is 1. The second-order valence-electron chi connectivity index (χ2n) is 4.38. The number of primary amides is 1. The molecule has 0 spiro atoms. The molecule has 8 heteroatoms. The van der Waals surface area contributed by atoms with E-state index in [0.717, 1.165) is 0 Å². The Kier molecular flexibility index (Phi) is 5.99. The highest BCUT2D eigenvalue weighted by Gasteiger charge is 2.20. The molecule has 0 aromatic heterocycles. The molecule has 0 bridgehead atoms. The summed E-state index contributed by atoms with van der Waals surface area (Å²) in [6.45, 7) is 0.0344. The average molecular weight is 295 g/mol. The van der Waals surface area contributed by atoms with Crippen LogP contribution in [0.25, 0.3) is 0 Å².